The summed E-state index contributed by atoms with van der Waals surface area (Å²) in [7, 11) is -2.01. The Balaban J connectivity index is 1.21. The van der Waals surface area contributed by atoms with Gasteiger partial charge in [-0.25, -0.2) is 0 Å². The number of hydrogen-bond donors (Lipinski definition) is 0. The van der Waals surface area contributed by atoms with Crippen LogP contribution in [0.4, 0.5) is 5.69 Å². The highest BCUT2D eigenvalue weighted by molar-refractivity contribution is 7.95. The molecule has 5 aromatic carbocycles. The summed E-state index contributed by atoms with van der Waals surface area (Å²) < 4.78 is 18.4. The minimum absolute atomic E-state index is 0.149. The Bertz CT molecular complexity index is 1840. The van der Waals surface area contributed by atoms with Gasteiger partial charge in [0, 0.05) is 30.8 Å². The molecular formula is C40H37NO4P+. The number of anilines is 1. The van der Waals surface area contributed by atoms with E-state index in [1.165, 1.54) is 15.9 Å². The number of nitrogens with zero attached hydrogens (tertiary/aromatic N) is 1. The lowest BCUT2D eigenvalue weighted by Gasteiger charge is -2.29. The molecule has 0 atom stereocenters. The molecule has 1 fully saturated rings. The van der Waals surface area contributed by atoms with Crippen molar-refractivity contribution in [2.45, 2.75) is 6.42 Å². The zero-order valence-electron chi connectivity index (χ0n) is 25.8. The quantitative estimate of drug-likeness (QED) is 0.120. The average Bonchev–Trinajstić information content (AvgIpc) is 3.14. The average molecular weight is 627 g/mol. The minimum atomic E-state index is -2.01. The van der Waals surface area contributed by atoms with E-state index in [0.29, 0.717) is 23.3 Å². The second-order valence-electron chi connectivity index (χ2n) is 11.5. The van der Waals surface area contributed by atoms with Crippen LogP contribution in [0.15, 0.2) is 149 Å². The van der Waals surface area contributed by atoms with E-state index in [2.05, 4.69) is 108 Å². The number of hydrogen-bond acceptors (Lipinski definition) is 5. The van der Waals surface area contributed by atoms with Crippen LogP contribution in [0.1, 0.15) is 6.42 Å². The zero-order chi connectivity index (χ0) is 31.2. The van der Waals surface area contributed by atoms with Crippen molar-refractivity contribution in [1.82, 2.24) is 0 Å². The highest BCUT2D eigenvalue weighted by atomic mass is 31.2. The molecule has 46 heavy (non-hydrogen) atoms. The highest BCUT2D eigenvalue weighted by Gasteiger charge is 2.44. The molecule has 1 aliphatic heterocycles. The summed E-state index contributed by atoms with van der Waals surface area (Å²) >= 11 is 0. The van der Waals surface area contributed by atoms with Gasteiger partial charge in [-0.2, -0.15) is 0 Å². The van der Waals surface area contributed by atoms with Gasteiger partial charge in [0.15, 0.2) is 5.76 Å². The summed E-state index contributed by atoms with van der Waals surface area (Å²) in [6.07, 6.45) is 1.65. The van der Waals surface area contributed by atoms with Crippen molar-refractivity contribution in [3.8, 4) is 17.1 Å². The van der Waals surface area contributed by atoms with Gasteiger partial charge >= 0.3 is 0 Å². The Morgan fingerprint density at radius 1 is 0.652 bits per heavy atom. The third kappa shape index (κ3) is 5.97. The Morgan fingerprint density at radius 3 is 1.78 bits per heavy atom. The predicted molar refractivity (Wildman–Crippen MR) is 191 cm³/mol. The van der Waals surface area contributed by atoms with Crippen LogP contribution in [0, 0.1) is 0 Å². The topological polar surface area (TPSA) is 51.9 Å². The Hall–Kier alpha value is -4.70. The van der Waals surface area contributed by atoms with Gasteiger partial charge in [-0.3, -0.25) is 4.79 Å². The van der Waals surface area contributed by atoms with E-state index >= 15 is 0 Å². The lowest BCUT2D eigenvalue weighted by atomic mass is 10.1. The van der Waals surface area contributed by atoms with Crippen molar-refractivity contribution >= 4 is 39.8 Å². The van der Waals surface area contributed by atoms with E-state index in [0.717, 1.165) is 50.1 Å². The third-order valence-corrected chi connectivity index (χ3v) is 13.3. The molecule has 7 rings (SSSR count). The maximum Gasteiger partial charge on any atom is 0.235 e. The lowest BCUT2D eigenvalue weighted by Crippen LogP contribution is -2.36. The van der Waals surface area contributed by atoms with Gasteiger partial charge in [0.1, 0.15) is 28.8 Å². The fourth-order valence-corrected chi connectivity index (χ4v) is 10.8. The second kappa shape index (κ2) is 13.7. The van der Waals surface area contributed by atoms with Crippen LogP contribution in [0.2, 0.25) is 0 Å². The summed E-state index contributed by atoms with van der Waals surface area (Å²) in [5.41, 5.74) is 2.34. The number of rotatable bonds is 10. The summed E-state index contributed by atoms with van der Waals surface area (Å²) in [5, 5.41) is 4.52. The van der Waals surface area contributed by atoms with E-state index in [9.17, 15) is 4.79 Å². The first-order valence-electron chi connectivity index (χ1n) is 15.9. The van der Waals surface area contributed by atoms with Crippen molar-refractivity contribution in [2.75, 3.05) is 44.0 Å². The van der Waals surface area contributed by atoms with Crippen LogP contribution in [0.25, 0.3) is 22.3 Å². The van der Waals surface area contributed by atoms with Crippen LogP contribution in [-0.2, 0) is 4.74 Å². The zero-order valence-corrected chi connectivity index (χ0v) is 26.7. The van der Waals surface area contributed by atoms with E-state index in [4.69, 9.17) is 13.9 Å². The second-order valence-corrected chi connectivity index (χ2v) is 15.1. The number of para-hydroxylation sites is 1. The molecule has 0 spiro atoms. The van der Waals surface area contributed by atoms with Gasteiger partial charge < -0.3 is 18.8 Å². The molecule has 1 aliphatic rings. The molecule has 0 bridgehead atoms. The van der Waals surface area contributed by atoms with Crippen LogP contribution >= 0.6 is 7.26 Å². The van der Waals surface area contributed by atoms with E-state index < -0.39 is 7.26 Å². The predicted octanol–water partition coefficient (Wildman–Crippen LogP) is 7.06. The molecule has 0 unspecified atom stereocenters. The molecule has 1 saturated heterocycles. The molecule has 0 N–H and O–H groups in total. The number of morpholine rings is 1. The summed E-state index contributed by atoms with van der Waals surface area (Å²) in [6.45, 7) is 3.55. The highest BCUT2D eigenvalue weighted by Crippen LogP contribution is 2.55. The van der Waals surface area contributed by atoms with Crippen molar-refractivity contribution in [3.05, 3.63) is 150 Å². The maximum atomic E-state index is 13.9. The molecule has 0 amide bonds. The molecular weight excluding hydrogens is 589 g/mol. The Labute approximate surface area is 270 Å². The number of ether oxygens (including phenoxy) is 2. The smallest absolute Gasteiger partial charge is 0.235 e. The molecule has 0 radical (unpaired) electrons. The maximum absolute atomic E-state index is 13.9. The van der Waals surface area contributed by atoms with Gasteiger partial charge in [0.25, 0.3) is 0 Å². The van der Waals surface area contributed by atoms with Gasteiger partial charge in [0.05, 0.1) is 31.4 Å². The van der Waals surface area contributed by atoms with Crippen LogP contribution < -0.4 is 31.0 Å². The lowest BCUT2D eigenvalue weighted by molar-refractivity contribution is 0.122. The number of fused-ring (bicyclic) bond motifs is 1. The molecule has 1 aromatic heterocycles. The fraction of sp³-hybridized carbons (Fsp3) is 0.175. The molecule has 2 heterocycles. The van der Waals surface area contributed by atoms with Gasteiger partial charge in [-0.15, -0.1) is 0 Å². The molecule has 6 heteroatoms. The molecule has 6 aromatic rings. The van der Waals surface area contributed by atoms with E-state index in [1.54, 1.807) is 6.07 Å². The van der Waals surface area contributed by atoms with E-state index in [-0.39, 0.29) is 11.2 Å². The molecule has 230 valence electrons. The fourth-order valence-electron chi connectivity index (χ4n) is 6.45. The first-order valence-corrected chi connectivity index (χ1v) is 17.9. The van der Waals surface area contributed by atoms with Gasteiger partial charge in [0.2, 0.25) is 11.2 Å². The van der Waals surface area contributed by atoms with Crippen LogP contribution in [0.3, 0.4) is 0 Å². The van der Waals surface area contributed by atoms with Crippen molar-refractivity contribution < 1.29 is 13.9 Å². The van der Waals surface area contributed by atoms with Crippen molar-refractivity contribution in [2.24, 2.45) is 0 Å². The van der Waals surface area contributed by atoms with E-state index in [1.807, 2.05) is 30.3 Å². The summed E-state index contributed by atoms with van der Waals surface area (Å²) in [4.78, 5) is 16.2. The Kier molecular flexibility index (Phi) is 8.96. The van der Waals surface area contributed by atoms with Gasteiger partial charge in [-0.05, 0) is 72.8 Å². The molecule has 0 aliphatic carbocycles. The first kappa shape index (κ1) is 30.0. The third-order valence-electron chi connectivity index (χ3n) is 8.74. The van der Waals surface area contributed by atoms with Gasteiger partial charge in [-0.1, -0.05) is 66.7 Å². The van der Waals surface area contributed by atoms with Crippen molar-refractivity contribution in [3.63, 3.8) is 0 Å². The normalized spacial score (nSPS) is 13.5. The first-order chi connectivity index (χ1) is 22.7. The SMILES string of the molecule is O=c1c(OCCC[P+](c2ccccc2)(c2ccccc2)c2ccccc2)c(-c2ccc(N3CCOCC3)cc2)oc2ccccc12. The summed E-state index contributed by atoms with van der Waals surface area (Å²) in [5.74, 6) is 0.730. The van der Waals surface area contributed by atoms with Crippen LogP contribution in [-0.4, -0.2) is 39.1 Å². The standard InChI is InChI=1S/C40H37NO4P/c42-38-36-19-10-11-20-37(36)45-39(31-21-23-32(24-22-31)41-25-28-43-29-26-41)40(38)44-27-12-30-46(33-13-4-1-5-14-33,34-15-6-2-7-16-34)35-17-8-3-9-18-35/h1-11,13-24H,12,25-30H2/q+1. The largest absolute Gasteiger partial charge is 0.486 e. The molecule has 0 saturated carbocycles. The minimum Gasteiger partial charge on any atom is -0.486 e. The number of benzene rings is 5. The van der Waals surface area contributed by atoms with Crippen LogP contribution in [0.5, 0.6) is 5.75 Å². The Morgan fingerprint density at radius 2 is 1.20 bits per heavy atom. The summed E-state index contributed by atoms with van der Waals surface area (Å²) in [6, 6.07) is 48.1. The molecule has 5 nitrogen and oxygen atoms in total. The monoisotopic (exact) mass is 626 g/mol. The van der Waals surface area contributed by atoms with Crippen molar-refractivity contribution in [1.29, 1.82) is 0 Å².